The van der Waals surface area contributed by atoms with Crippen molar-refractivity contribution < 1.29 is 4.79 Å². The van der Waals surface area contributed by atoms with Crippen molar-refractivity contribution in [2.24, 2.45) is 0 Å². The van der Waals surface area contributed by atoms with Crippen molar-refractivity contribution in [2.45, 2.75) is 6.92 Å². The first kappa shape index (κ1) is 12.0. The van der Waals surface area contributed by atoms with Crippen molar-refractivity contribution in [1.29, 1.82) is 0 Å². The summed E-state index contributed by atoms with van der Waals surface area (Å²) in [6, 6.07) is 8.36. The third-order valence-electron chi connectivity index (χ3n) is 3.66. The normalized spacial score (nSPS) is 16.2. The summed E-state index contributed by atoms with van der Waals surface area (Å²) < 4.78 is 0. The molecular weight excluding hydrogens is 238 g/mol. The Morgan fingerprint density at radius 2 is 2.00 bits per heavy atom. The molecule has 0 N–H and O–H groups in total. The van der Waals surface area contributed by atoms with Gasteiger partial charge in [-0.3, -0.25) is 9.78 Å². The van der Waals surface area contributed by atoms with E-state index in [-0.39, 0.29) is 5.91 Å². The highest BCUT2D eigenvalue weighted by molar-refractivity contribution is 5.87. The van der Waals surface area contributed by atoms with E-state index in [4.69, 9.17) is 0 Å². The molecule has 19 heavy (non-hydrogen) atoms. The Balaban J connectivity index is 1.95. The molecule has 1 saturated heterocycles. The molecule has 0 saturated carbocycles. The predicted molar refractivity (Wildman–Crippen MR) is 76.3 cm³/mol. The molecule has 0 radical (unpaired) electrons. The van der Waals surface area contributed by atoms with E-state index in [0.717, 1.165) is 29.9 Å². The lowest BCUT2D eigenvalue weighted by Gasteiger charge is -2.33. The number of benzene rings is 1. The number of carbonyl (C=O) groups excluding carboxylic acids is 1. The van der Waals surface area contributed by atoms with Crippen molar-refractivity contribution >= 4 is 22.4 Å². The van der Waals surface area contributed by atoms with Crippen LogP contribution in [-0.2, 0) is 4.79 Å². The molecule has 4 nitrogen and oxygen atoms in total. The van der Waals surface area contributed by atoms with Gasteiger partial charge >= 0.3 is 0 Å². The first-order valence-corrected chi connectivity index (χ1v) is 6.49. The fourth-order valence-corrected chi connectivity index (χ4v) is 2.41. The first-order chi connectivity index (χ1) is 9.13. The van der Waals surface area contributed by atoms with Gasteiger partial charge in [-0.15, -0.1) is 0 Å². The van der Waals surface area contributed by atoms with E-state index >= 15 is 0 Å². The van der Waals surface area contributed by atoms with Crippen molar-refractivity contribution in [3.63, 3.8) is 0 Å². The van der Waals surface area contributed by atoms with Crippen LogP contribution in [0.4, 0.5) is 5.69 Å². The number of rotatable bonds is 1. The highest BCUT2D eigenvalue weighted by Crippen LogP contribution is 2.23. The number of pyridine rings is 1. The molecule has 1 aliphatic heterocycles. The molecule has 0 bridgehead atoms. The minimum absolute atomic E-state index is 0.178. The number of fused-ring (bicyclic) bond motifs is 1. The maximum absolute atomic E-state index is 11.8. The number of anilines is 1. The highest BCUT2D eigenvalue weighted by Gasteiger charge is 2.21. The summed E-state index contributed by atoms with van der Waals surface area (Å²) in [5.74, 6) is 0.178. The Kier molecular flexibility index (Phi) is 2.85. The van der Waals surface area contributed by atoms with E-state index in [1.165, 1.54) is 5.39 Å². The van der Waals surface area contributed by atoms with E-state index < -0.39 is 0 Å². The number of piperazine rings is 1. The van der Waals surface area contributed by atoms with Gasteiger partial charge in [-0.2, -0.15) is 0 Å². The van der Waals surface area contributed by atoms with Gasteiger partial charge in [-0.25, -0.2) is 0 Å². The van der Waals surface area contributed by atoms with E-state index in [1.54, 1.807) is 4.90 Å². The fourth-order valence-electron chi connectivity index (χ4n) is 2.41. The Labute approximate surface area is 112 Å². The molecule has 0 aliphatic carbocycles. The minimum atomic E-state index is 0.178. The number of amides is 1. The summed E-state index contributed by atoms with van der Waals surface area (Å²) in [5, 5.41) is 2.31. The van der Waals surface area contributed by atoms with Crippen LogP contribution in [0.2, 0.25) is 0 Å². The first-order valence-electron chi connectivity index (χ1n) is 6.49. The fraction of sp³-hybridized carbons (Fsp3) is 0.333. The largest absolute Gasteiger partial charge is 0.360 e. The third kappa shape index (κ3) is 2.26. The summed E-state index contributed by atoms with van der Waals surface area (Å²) >= 11 is 0. The summed E-state index contributed by atoms with van der Waals surface area (Å²) in [4.78, 5) is 20.0. The molecule has 4 heteroatoms. The average molecular weight is 255 g/mol. The van der Waals surface area contributed by atoms with Crippen LogP contribution in [0.5, 0.6) is 0 Å². The Hall–Kier alpha value is -2.10. The third-order valence-corrected chi connectivity index (χ3v) is 3.66. The second-order valence-corrected chi connectivity index (χ2v) is 5.09. The second-order valence-electron chi connectivity index (χ2n) is 5.09. The lowest BCUT2D eigenvalue weighted by Crippen LogP contribution is -2.48. The van der Waals surface area contributed by atoms with Crippen LogP contribution in [0.3, 0.4) is 0 Å². The number of nitrogens with zero attached hydrogens (tertiary/aromatic N) is 3. The number of hydrogen-bond donors (Lipinski definition) is 0. The number of aryl methyl sites for hydroxylation is 1. The van der Waals surface area contributed by atoms with Gasteiger partial charge in [0.15, 0.2) is 0 Å². The summed E-state index contributed by atoms with van der Waals surface area (Å²) in [6.45, 7) is 4.13. The number of likely N-dealkylation sites (N-methyl/N-ethyl adjacent to an activating group) is 1. The molecule has 1 aliphatic rings. The van der Waals surface area contributed by atoms with Crippen LogP contribution in [0.1, 0.15) is 5.69 Å². The van der Waals surface area contributed by atoms with Gasteiger partial charge in [-0.05, 0) is 30.5 Å². The zero-order valence-electron chi connectivity index (χ0n) is 11.3. The summed E-state index contributed by atoms with van der Waals surface area (Å²) in [5.41, 5.74) is 2.12. The van der Waals surface area contributed by atoms with Crippen molar-refractivity contribution in [1.82, 2.24) is 9.88 Å². The Morgan fingerprint density at radius 3 is 2.79 bits per heavy atom. The Bertz CT molecular complexity index is 638. The van der Waals surface area contributed by atoms with Crippen molar-refractivity contribution in [2.75, 3.05) is 31.6 Å². The molecule has 1 aromatic heterocycles. The average Bonchev–Trinajstić information content (AvgIpc) is 2.41. The highest BCUT2D eigenvalue weighted by atomic mass is 16.2. The molecule has 2 aromatic rings. The summed E-state index contributed by atoms with van der Waals surface area (Å²) in [6.07, 6.45) is 1.89. The molecule has 3 rings (SSSR count). The zero-order chi connectivity index (χ0) is 13.4. The van der Waals surface area contributed by atoms with Crippen LogP contribution in [0.15, 0.2) is 30.5 Å². The predicted octanol–water partition coefficient (Wildman–Crippen LogP) is 1.82. The van der Waals surface area contributed by atoms with Crippen LogP contribution >= 0.6 is 0 Å². The SMILES string of the molecule is Cc1cc2cc(N3CCN(C)C(=O)C3)ccc2cn1. The van der Waals surface area contributed by atoms with Crippen LogP contribution in [0.25, 0.3) is 10.8 Å². The smallest absolute Gasteiger partial charge is 0.241 e. The van der Waals surface area contributed by atoms with Gasteiger partial charge in [0.1, 0.15) is 0 Å². The maximum Gasteiger partial charge on any atom is 0.241 e. The van der Waals surface area contributed by atoms with Gasteiger partial charge in [0.25, 0.3) is 0 Å². The number of aromatic nitrogens is 1. The maximum atomic E-state index is 11.8. The number of carbonyl (C=O) groups is 1. The van der Waals surface area contributed by atoms with Crippen molar-refractivity contribution in [3.05, 3.63) is 36.2 Å². The monoisotopic (exact) mass is 255 g/mol. The molecule has 1 aromatic carbocycles. The van der Waals surface area contributed by atoms with Gasteiger partial charge in [0, 0.05) is 43.1 Å². The molecule has 98 valence electrons. The molecule has 0 atom stereocenters. The van der Waals surface area contributed by atoms with Gasteiger partial charge in [0.05, 0.1) is 6.54 Å². The lowest BCUT2D eigenvalue weighted by atomic mass is 10.1. The zero-order valence-corrected chi connectivity index (χ0v) is 11.3. The quantitative estimate of drug-likeness (QED) is 0.780. The second kappa shape index (κ2) is 4.53. The van der Waals surface area contributed by atoms with Gasteiger partial charge in [0.2, 0.25) is 5.91 Å². The van der Waals surface area contributed by atoms with Crippen LogP contribution in [-0.4, -0.2) is 42.5 Å². The van der Waals surface area contributed by atoms with E-state index in [1.807, 2.05) is 20.2 Å². The molecule has 2 heterocycles. The minimum Gasteiger partial charge on any atom is -0.360 e. The molecule has 1 amide bonds. The summed E-state index contributed by atoms with van der Waals surface area (Å²) in [7, 11) is 1.86. The van der Waals surface area contributed by atoms with Gasteiger partial charge in [-0.1, -0.05) is 6.07 Å². The van der Waals surface area contributed by atoms with E-state index in [2.05, 4.69) is 34.1 Å². The molecule has 0 spiro atoms. The molecule has 1 fully saturated rings. The van der Waals surface area contributed by atoms with Crippen LogP contribution in [0, 0.1) is 6.92 Å². The molecular formula is C15H17N3O. The topological polar surface area (TPSA) is 36.4 Å². The van der Waals surface area contributed by atoms with E-state index in [0.29, 0.717) is 6.54 Å². The standard InChI is InChI=1S/C15H17N3O/c1-11-7-13-8-14(4-3-12(13)9-16-11)18-6-5-17(2)15(19)10-18/h3-4,7-9H,5-6,10H2,1-2H3. The van der Waals surface area contributed by atoms with E-state index in [9.17, 15) is 4.79 Å². The van der Waals surface area contributed by atoms with Crippen LogP contribution < -0.4 is 4.90 Å². The lowest BCUT2D eigenvalue weighted by molar-refractivity contribution is -0.129. The molecule has 0 unspecified atom stereocenters. The van der Waals surface area contributed by atoms with Crippen molar-refractivity contribution in [3.8, 4) is 0 Å². The number of hydrogen-bond acceptors (Lipinski definition) is 3. The Morgan fingerprint density at radius 1 is 1.16 bits per heavy atom. The van der Waals surface area contributed by atoms with Gasteiger partial charge < -0.3 is 9.80 Å².